The van der Waals surface area contributed by atoms with E-state index in [9.17, 15) is 24.0 Å². The second-order valence-electron chi connectivity index (χ2n) is 13.8. The van der Waals surface area contributed by atoms with Crippen LogP contribution in [0.5, 0.6) is 0 Å². The summed E-state index contributed by atoms with van der Waals surface area (Å²) < 4.78 is 11.4. The zero-order chi connectivity index (χ0) is 32.2. The van der Waals surface area contributed by atoms with Gasteiger partial charge >= 0.3 is 6.09 Å². The quantitative estimate of drug-likeness (QED) is 0.240. The zero-order valence-corrected chi connectivity index (χ0v) is 26.9. The smallest absolute Gasteiger partial charge is 0.408 e. The van der Waals surface area contributed by atoms with Crippen molar-refractivity contribution in [3.8, 4) is 0 Å². The number of alkyl carbamates (subject to hydrolysis) is 1. The van der Waals surface area contributed by atoms with Gasteiger partial charge in [0, 0.05) is 42.2 Å². The van der Waals surface area contributed by atoms with Crippen molar-refractivity contribution in [1.29, 1.82) is 0 Å². The topological polar surface area (TPSA) is 152 Å². The molecule has 0 bridgehead atoms. The number of rotatable bonds is 13. The van der Waals surface area contributed by atoms with Gasteiger partial charge in [-0.2, -0.15) is 0 Å². The van der Waals surface area contributed by atoms with E-state index < -0.39 is 52.8 Å². The Kier molecular flexibility index (Phi) is 10.4. The van der Waals surface area contributed by atoms with E-state index in [-0.39, 0.29) is 30.7 Å². The molecule has 2 saturated carbocycles. The highest BCUT2D eigenvalue weighted by molar-refractivity contribution is 6.38. The van der Waals surface area contributed by atoms with Crippen molar-refractivity contribution in [2.45, 2.75) is 114 Å². The number of ether oxygens (including phenoxy) is 2. The van der Waals surface area contributed by atoms with Gasteiger partial charge in [0.15, 0.2) is 0 Å². The molecule has 4 fully saturated rings. The first-order chi connectivity index (χ1) is 21.4. The number of halogens is 1. The van der Waals surface area contributed by atoms with Crippen LogP contribution in [0, 0.1) is 11.8 Å². The average Bonchev–Trinajstić information content (AvgIpc) is 3.73. The fourth-order valence-corrected chi connectivity index (χ4v) is 6.88. The summed E-state index contributed by atoms with van der Waals surface area (Å²) in [6.07, 6.45) is 5.79. The number of nitrogens with one attached hydrogen (secondary N) is 4. The van der Waals surface area contributed by atoms with Gasteiger partial charge in [-0.1, -0.05) is 37.6 Å². The highest BCUT2D eigenvalue weighted by Crippen LogP contribution is 2.39. The van der Waals surface area contributed by atoms with Crippen LogP contribution < -0.4 is 21.3 Å². The Morgan fingerprint density at radius 1 is 1.07 bits per heavy atom. The van der Waals surface area contributed by atoms with Crippen molar-refractivity contribution < 1.29 is 33.4 Å². The van der Waals surface area contributed by atoms with Gasteiger partial charge in [0.05, 0.1) is 6.04 Å². The van der Waals surface area contributed by atoms with E-state index >= 15 is 0 Å². The minimum atomic E-state index is -1.23. The first-order valence-corrected chi connectivity index (χ1v) is 16.6. The lowest BCUT2D eigenvalue weighted by atomic mass is 9.76. The molecule has 5 rings (SSSR count). The molecule has 12 heteroatoms. The lowest BCUT2D eigenvalue weighted by molar-refractivity contribution is -0.141. The number of hydrogen-bond donors (Lipinski definition) is 4. The van der Waals surface area contributed by atoms with E-state index in [1.54, 1.807) is 6.07 Å². The van der Waals surface area contributed by atoms with Crippen LogP contribution in [0.1, 0.15) is 83.6 Å². The highest BCUT2D eigenvalue weighted by atomic mass is 35.5. The minimum absolute atomic E-state index is 0.0152. The Labute approximate surface area is 269 Å². The van der Waals surface area contributed by atoms with Crippen molar-refractivity contribution in [2.75, 3.05) is 13.2 Å². The van der Waals surface area contributed by atoms with Crippen molar-refractivity contribution in [2.24, 2.45) is 11.8 Å². The Bertz CT molecular complexity index is 1290. The van der Waals surface area contributed by atoms with Gasteiger partial charge in [-0.3, -0.25) is 19.2 Å². The highest BCUT2D eigenvalue weighted by Gasteiger charge is 2.47. The van der Waals surface area contributed by atoms with Crippen LogP contribution >= 0.6 is 11.6 Å². The van der Waals surface area contributed by atoms with Gasteiger partial charge < -0.3 is 30.7 Å². The molecule has 246 valence electrons. The standard InChI is InChI=1S/C33H45ClN4O7/c1-20(2)15-26(37-31(43)45-33(9-4-10-33)18-21-5-3-6-23(34)16-21)29(41)36-25(27(39)30(42)35-24-7-8-24)17-22-19-32(38-28(22)40)11-13-44-14-12-32/h3,5-6,16,20,22,24-26H,4,7-15,17-19H2,1-2H3,(H,35,42)(H,36,41)(H,37,43)(H,38,40)/t22?,25?,26-/m0/s1. The summed E-state index contributed by atoms with van der Waals surface area (Å²) in [5.74, 6) is -2.91. The molecule has 1 aromatic carbocycles. The molecular formula is C33H45ClN4O7. The van der Waals surface area contributed by atoms with E-state index in [4.69, 9.17) is 21.1 Å². The number of Topliss-reactive ketones (excluding diaryl/α,β-unsaturated/α-hetero) is 1. The molecule has 4 N–H and O–H groups in total. The van der Waals surface area contributed by atoms with Crippen LogP contribution in [-0.2, 0) is 35.1 Å². The van der Waals surface area contributed by atoms with E-state index in [0.717, 1.165) is 24.8 Å². The van der Waals surface area contributed by atoms with Gasteiger partial charge in [-0.25, -0.2) is 4.79 Å². The summed E-state index contributed by atoms with van der Waals surface area (Å²) in [5, 5.41) is 11.9. The van der Waals surface area contributed by atoms with Crippen molar-refractivity contribution >= 4 is 41.2 Å². The second-order valence-corrected chi connectivity index (χ2v) is 14.2. The molecule has 0 aromatic heterocycles. The maximum atomic E-state index is 13.7. The van der Waals surface area contributed by atoms with Gasteiger partial charge in [-0.15, -0.1) is 0 Å². The summed E-state index contributed by atoms with van der Waals surface area (Å²) in [5.41, 5.74) is -0.138. The van der Waals surface area contributed by atoms with Crippen LogP contribution in [0.4, 0.5) is 4.79 Å². The number of hydrogen-bond acceptors (Lipinski definition) is 7. The SMILES string of the molecule is CC(C)C[C@H](NC(=O)OC1(Cc2cccc(Cl)c2)CCC1)C(=O)NC(CC1CC2(CCOCC2)NC1=O)C(=O)C(=O)NC1CC1. The molecule has 11 nitrogen and oxygen atoms in total. The summed E-state index contributed by atoms with van der Waals surface area (Å²) in [7, 11) is 0. The number of benzene rings is 1. The van der Waals surface area contributed by atoms with Crippen LogP contribution in [0.2, 0.25) is 5.02 Å². The van der Waals surface area contributed by atoms with Crippen molar-refractivity contribution in [1.82, 2.24) is 21.3 Å². The molecule has 2 aliphatic heterocycles. The molecule has 0 radical (unpaired) electrons. The molecule has 4 aliphatic rings. The second kappa shape index (κ2) is 14.1. The molecular weight excluding hydrogens is 600 g/mol. The zero-order valence-electron chi connectivity index (χ0n) is 26.1. The summed E-state index contributed by atoms with van der Waals surface area (Å²) in [6.45, 7) is 4.91. The Balaban J connectivity index is 1.26. The Morgan fingerprint density at radius 3 is 2.42 bits per heavy atom. The maximum absolute atomic E-state index is 13.7. The molecule has 4 amide bonds. The van der Waals surface area contributed by atoms with E-state index in [1.807, 2.05) is 32.0 Å². The van der Waals surface area contributed by atoms with Gasteiger partial charge in [-0.05, 0) is 87.8 Å². The first-order valence-electron chi connectivity index (χ1n) is 16.2. The van der Waals surface area contributed by atoms with Crippen molar-refractivity contribution in [3.05, 3.63) is 34.9 Å². The predicted octanol–water partition coefficient (Wildman–Crippen LogP) is 3.35. The number of carbonyl (C=O) groups excluding carboxylic acids is 5. The molecule has 1 aromatic rings. The van der Waals surface area contributed by atoms with E-state index in [1.165, 1.54) is 0 Å². The van der Waals surface area contributed by atoms with E-state index in [2.05, 4.69) is 21.3 Å². The molecule has 1 spiro atoms. The molecule has 2 unspecified atom stereocenters. The summed E-state index contributed by atoms with van der Waals surface area (Å²) >= 11 is 6.16. The molecule has 2 aliphatic carbocycles. The third-order valence-electron chi connectivity index (χ3n) is 9.44. The number of amides is 4. The Hall–Kier alpha value is -3.18. The van der Waals surface area contributed by atoms with Gasteiger partial charge in [0.1, 0.15) is 11.6 Å². The molecule has 3 atom stereocenters. The van der Waals surface area contributed by atoms with Crippen molar-refractivity contribution in [3.63, 3.8) is 0 Å². The third kappa shape index (κ3) is 8.76. The van der Waals surface area contributed by atoms with Gasteiger partial charge in [0.25, 0.3) is 5.91 Å². The van der Waals surface area contributed by atoms with Crippen LogP contribution in [0.3, 0.4) is 0 Å². The van der Waals surface area contributed by atoms with Crippen LogP contribution in [0.25, 0.3) is 0 Å². The summed E-state index contributed by atoms with van der Waals surface area (Å²) in [4.78, 5) is 66.2. The minimum Gasteiger partial charge on any atom is -0.443 e. The lowest BCUT2D eigenvalue weighted by Crippen LogP contribution is -2.56. The van der Waals surface area contributed by atoms with E-state index in [0.29, 0.717) is 56.8 Å². The average molecular weight is 645 g/mol. The first kappa shape index (κ1) is 33.2. The lowest BCUT2D eigenvalue weighted by Gasteiger charge is -2.41. The van der Waals surface area contributed by atoms with Crippen LogP contribution in [-0.4, -0.2) is 72.1 Å². The molecule has 2 heterocycles. The number of carbonyl (C=O) groups is 5. The largest absolute Gasteiger partial charge is 0.443 e. The number of ketones is 1. The Morgan fingerprint density at radius 2 is 1.80 bits per heavy atom. The molecule has 45 heavy (non-hydrogen) atoms. The fourth-order valence-electron chi connectivity index (χ4n) is 6.67. The fraction of sp³-hybridized carbons (Fsp3) is 0.667. The van der Waals surface area contributed by atoms with Crippen LogP contribution in [0.15, 0.2) is 24.3 Å². The third-order valence-corrected chi connectivity index (χ3v) is 9.68. The maximum Gasteiger partial charge on any atom is 0.408 e. The normalized spacial score (nSPS) is 22.9. The van der Waals surface area contributed by atoms with Gasteiger partial charge in [0.2, 0.25) is 17.6 Å². The summed E-state index contributed by atoms with van der Waals surface area (Å²) in [6, 6.07) is 5.15. The molecule has 2 saturated heterocycles. The predicted molar refractivity (Wildman–Crippen MR) is 166 cm³/mol. The monoisotopic (exact) mass is 644 g/mol.